The van der Waals surface area contributed by atoms with Crippen molar-refractivity contribution >= 4 is 11.6 Å². The minimum atomic E-state index is -0.390. The van der Waals surface area contributed by atoms with Gasteiger partial charge in [-0.3, -0.25) is 0 Å². The molecule has 0 saturated carbocycles. The second kappa shape index (κ2) is 7.80. The van der Waals surface area contributed by atoms with Crippen LogP contribution in [-0.2, 0) is 13.0 Å². The first-order chi connectivity index (χ1) is 11.2. The Kier molecular flexibility index (Phi) is 5.52. The fourth-order valence-electron chi connectivity index (χ4n) is 2.98. The van der Waals surface area contributed by atoms with Crippen molar-refractivity contribution < 1.29 is 9.13 Å². The van der Waals surface area contributed by atoms with Crippen LogP contribution >= 0.6 is 11.6 Å². The van der Waals surface area contributed by atoms with Gasteiger partial charge in [0.25, 0.3) is 0 Å². The first kappa shape index (κ1) is 16.3. The van der Waals surface area contributed by atoms with Crippen LogP contribution in [0.25, 0.3) is 0 Å². The predicted molar refractivity (Wildman–Crippen MR) is 91.5 cm³/mol. The van der Waals surface area contributed by atoms with Crippen molar-refractivity contribution in [3.8, 4) is 5.75 Å². The lowest BCUT2D eigenvalue weighted by molar-refractivity contribution is 0.290. The van der Waals surface area contributed by atoms with Crippen molar-refractivity contribution in [1.82, 2.24) is 5.32 Å². The number of piperidine rings is 1. The lowest BCUT2D eigenvalue weighted by Crippen LogP contribution is -2.35. The van der Waals surface area contributed by atoms with Crippen LogP contribution in [0.3, 0.4) is 0 Å². The van der Waals surface area contributed by atoms with Crippen LogP contribution in [0.15, 0.2) is 42.5 Å². The van der Waals surface area contributed by atoms with E-state index in [0.29, 0.717) is 17.7 Å². The second-order valence-electron chi connectivity index (χ2n) is 6.01. The molecule has 3 rings (SSSR count). The summed E-state index contributed by atoms with van der Waals surface area (Å²) in [6.45, 7) is 1.35. The molecule has 2 nitrogen and oxygen atoms in total. The van der Waals surface area contributed by atoms with E-state index < -0.39 is 0 Å². The Morgan fingerprint density at radius 1 is 1.13 bits per heavy atom. The Hall–Kier alpha value is -1.58. The highest BCUT2D eigenvalue weighted by Gasteiger charge is 2.16. The largest absolute Gasteiger partial charge is 0.484 e. The van der Waals surface area contributed by atoms with Gasteiger partial charge < -0.3 is 10.1 Å². The van der Waals surface area contributed by atoms with Crippen LogP contribution in [-0.4, -0.2) is 12.6 Å². The third-order valence-corrected chi connectivity index (χ3v) is 4.46. The van der Waals surface area contributed by atoms with Crippen LogP contribution in [0.1, 0.15) is 30.4 Å². The lowest BCUT2D eigenvalue weighted by Gasteiger charge is -2.23. The molecule has 4 heteroatoms. The third kappa shape index (κ3) is 4.46. The molecule has 0 bridgehead atoms. The Balaban J connectivity index is 1.67. The Bertz CT molecular complexity index is 618. The first-order valence-electron chi connectivity index (χ1n) is 8.10. The Morgan fingerprint density at radius 2 is 1.96 bits per heavy atom. The molecular weight excluding hydrogens is 313 g/mol. The van der Waals surface area contributed by atoms with Gasteiger partial charge in [0.2, 0.25) is 0 Å². The molecule has 1 unspecified atom stereocenters. The fourth-order valence-corrected chi connectivity index (χ4v) is 3.27. The molecule has 122 valence electrons. The summed E-state index contributed by atoms with van der Waals surface area (Å²) in [6, 6.07) is 13.4. The van der Waals surface area contributed by atoms with Crippen LogP contribution in [0.2, 0.25) is 5.02 Å². The van der Waals surface area contributed by atoms with E-state index in [-0.39, 0.29) is 11.6 Å². The monoisotopic (exact) mass is 333 g/mol. The summed E-state index contributed by atoms with van der Waals surface area (Å²) in [6.07, 6.45) is 4.38. The summed E-state index contributed by atoms with van der Waals surface area (Å²) in [5.74, 6) is -0.255. The molecule has 1 aliphatic heterocycles. The molecule has 0 spiro atoms. The maximum atomic E-state index is 14.3. The maximum Gasteiger partial charge on any atom is 0.174 e. The van der Waals surface area contributed by atoms with Crippen molar-refractivity contribution in [3.63, 3.8) is 0 Å². The van der Waals surface area contributed by atoms with E-state index in [1.54, 1.807) is 6.07 Å². The van der Waals surface area contributed by atoms with Gasteiger partial charge in [0.15, 0.2) is 11.6 Å². The SMILES string of the molecule is Fc1cc(CC2CCCCN2)cc(Cl)c1OCc1ccccc1. The third-order valence-electron chi connectivity index (χ3n) is 4.18. The van der Waals surface area contributed by atoms with Crippen LogP contribution in [0.5, 0.6) is 5.75 Å². The fraction of sp³-hybridized carbons (Fsp3) is 0.368. The summed E-state index contributed by atoms with van der Waals surface area (Å²) in [5.41, 5.74) is 1.90. The molecule has 1 N–H and O–H groups in total. The average molecular weight is 334 g/mol. The minimum Gasteiger partial charge on any atom is -0.484 e. The number of rotatable bonds is 5. The number of ether oxygens (including phenoxy) is 1. The summed E-state index contributed by atoms with van der Waals surface area (Å²) in [4.78, 5) is 0. The van der Waals surface area contributed by atoms with Crippen LogP contribution in [0.4, 0.5) is 4.39 Å². The number of hydrogen-bond donors (Lipinski definition) is 1. The molecule has 0 radical (unpaired) electrons. The van der Waals surface area contributed by atoms with Gasteiger partial charge in [-0.1, -0.05) is 48.4 Å². The van der Waals surface area contributed by atoms with E-state index >= 15 is 0 Å². The molecule has 2 aromatic carbocycles. The van der Waals surface area contributed by atoms with Crippen LogP contribution < -0.4 is 10.1 Å². The van der Waals surface area contributed by atoms with Crippen LogP contribution in [0, 0.1) is 5.82 Å². The zero-order valence-corrected chi connectivity index (χ0v) is 13.8. The van der Waals surface area contributed by atoms with E-state index in [1.807, 2.05) is 36.4 Å². The standard InChI is InChI=1S/C19H21ClFNO/c20-17-11-15(10-16-8-4-5-9-22-16)12-18(21)19(17)23-13-14-6-2-1-3-7-14/h1-3,6-7,11-12,16,22H,4-5,8-10,13H2. The zero-order chi connectivity index (χ0) is 16.1. The van der Waals surface area contributed by atoms with E-state index in [0.717, 1.165) is 30.5 Å². The lowest BCUT2D eigenvalue weighted by atomic mass is 9.98. The molecule has 1 fully saturated rings. The molecule has 23 heavy (non-hydrogen) atoms. The van der Waals surface area contributed by atoms with Crippen molar-refractivity contribution in [1.29, 1.82) is 0 Å². The average Bonchev–Trinajstić information content (AvgIpc) is 2.56. The highest BCUT2D eigenvalue weighted by molar-refractivity contribution is 6.32. The topological polar surface area (TPSA) is 21.3 Å². The molecule has 1 aliphatic rings. The molecule has 1 saturated heterocycles. The molecule has 0 aliphatic carbocycles. The Labute approximate surface area is 141 Å². The van der Waals surface area contributed by atoms with Gasteiger partial charge in [-0.05, 0) is 49.1 Å². The minimum absolute atomic E-state index is 0.135. The number of hydrogen-bond acceptors (Lipinski definition) is 2. The Morgan fingerprint density at radius 3 is 2.65 bits per heavy atom. The van der Waals surface area contributed by atoms with E-state index in [4.69, 9.17) is 16.3 Å². The molecule has 1 heterocycles. The van der Waals surface area contributed by atoms with Gasteiger partial charge >= 0.3 is 0 Å². The summed E-state index contributed by atoms with van der Waals surface area (Å²) < 4.78 is 19.9. The number of benzene rings is 2. The molecular formula is C19H21ClFNO. The van der Waals surface area contributed by atoms with Gasteiger partial charge in [-0.25, -0.2) is 4.39 Å². The summed E-state index contributed by atoms with van der Waals surface area (Å²) in [7, 11) is 0. The smallest absolute Gasteiger partial charge is 0.174 e. The highest BCUT2D eigenvalue weighted by atomic mass is 35.5. The van der Waals surface area contributed by atoms with Crippen molar-refractivity contribution in [2.45, 2.75) is 38.3 Å². The van der Waals surface area contributed by atoms with Crippen molar-refractivity contribution in [3.05, 3.63) is 64.4 Å². The van der Waals surface area contributed by atoms with Crippen molar-refractivity contribution in [2.75, 3.05) is 6.54 Å². The van der Waals surface area contributed by atoms with Gasteiger partial charge in [0.1, 0.15) is 6.61 Å². The first-order valence-corrected chi connectivity index (χ1v) is 8.48. The maximum absolute atomic E-state index is 14.3. The van der Waals surface area contributed by atoms with Gasteiger partial charge in [-0.2, -0.15) is 0 Å². The van der Waals surface area contributed by atoms with Gasteiger partial charge in [0, 0.05) is 6.04 Å². The van der Waals surface area contributed by atoms with E-state index in [1.165, 1.54) is 12.8 Å². The summed E-state index contributed by atoms with van der Waals surface area (Å²) in [5, 5.41) is 3.81. The van der Waals surface area contributed by atoms with Crippen molar-refractivity contribution in [2.24, 2.45) is 0 Å². The quantitative estimate of drug-likeness (QED) is 0.853. The molecule has 0 aromatic heterocycles. The molecule has 1 atom stereocenters. The van der Waals surface area contributed by atoms with E-state index in [2.05, 4.69) is 5.32 Å². The highest BCUT2D eigenvalue weighted by Crippen LogP contribution is 2.31. The zero-order valence-electron chi connectivity index (χ0n) is 13.0. The number of halogens is 2. The normalized spacial score (nSPS) is 17.9. The van der Waals surface area contributed by atoms with Gasteiger partial charge in [-0.15, -0.1) is 0 Å². The molecule has 2 aromatic rings. The summed E-state index contributed by atoms with van der Waals surface area (Å²) >= 11 is 6.23. The number of nitrogens with one attached hydrogen (secondary N) is 1. The molecule has 0 amide bonds. The second-order valence-corrected chi connectivity index (χ2v) is 6.42. The van der Waals surface area contributed by atoms with Gasteiger partial charge in [0.05, 0.1) is 5.02 Å². The predicted octanol–water partition coefficient (Wildman–Crippen LogP) is 4.74. The van der Waals surface area contributed by atoms with E-state index in [9.17, 15) is 4.39 Å².